The first-order valence-electron chi connectivity index (χ1n) is 8.63. The molecule has 0 atom stereocenters. The van der Waals surface area contributed by atoms with E-state index in [4.69, 9.17) is 0 Å². The Morgan fingerprint density at radius 2 is 1.62 bits per heavy atom. The maximum absolute atomic E-state index is 12.7. The van der Waals surface area contributed by atoms with E-state index in [0.717, 1.165) is 38.8 Å². The average molecular weight is 351 g/mol. The Hall–Kier alpha value is -1.60. The number of urea groups is 1. The maximum atomic E-state index is 12.7. The van der Waals surface area contributed by atoms with Crippen LogP contribution in [0, 0.1) is 5.92 Å². The maximum Gasteiger partial charge on any atom is 0.321 e. The number of piperidine rings is 1. The molecule has 2 aliphatic rings. The second kappa shape index (κ2) is 7.11. The second-order valence-corrected chi connectivity index (χ2v) is 8.67. The molecular formula is C17H25N3O3S. The molecule has 24 heavy (non-hydrogen) atoms. The van der Waals surface area contributed by atoms with Gasteiger partial charge >= 0.3 is 6.03 Å². The molecule has 2 aliphatic heterocycles. The zero-order valence-electron chi connectivity index (χ0n) is 14.1. The van der Waals surface area contributed by atoms with Crippen LogP contribution >= 0.6 is 0 Å². The standard InChI is InChI=1S/C17H25N3O3S/c1-14-8-12-20(13-9-14)24(22,23)16-6-4-15(5-7-16)18-17(21)19-10-2-3-11-19/h4-7,14H,2-3,8-13H2,1H3,(H,18,21). The van der Waals surface area contributed by atoms with Gasteiger partial charge in [-0.2, -0.15) is 4.31 Å². The Kier molecular flexibility index (Phi) is 5.10. The molecule has 0 unspecified atom stereocenters. The summed E-state index contributed by atoms with van der Waals surface area (Å²) < 4.78 is 26.9. The number of rotatable bonds is 3. The molecule has 0 spiro atoms. The summed E-state index contributed by atoms with van der Waals surface area (Å²) in [6.45, 7) is 4.88. The van der Waals surface area contributed by atoms with Crippen molar-refractivity contribution in [2.75, 3.05) is 31.5 Å². The lowest BCUT2D eigenvalue weighted by atomic mass is 10.0. The number of sulfonamides is 1. The Bertz CT molecular complexity index is 674. The van der Waals surface area contributed by atoms with Crippen LogP contribution in [0.2, 0.25) is 0 Å². The van der Waals surface area contributed by atoms with Gasteiger partial charge in [-0.1, -0.05) is 6.92 Å². The van der Waals surface area contributed by atoms with E-state index in [1.807, 2.05) is 0 Å². The van der Waals surface area contributed by atoms with Crippen LogP contribution in [-0.2, 0) is 10.0 Å². The summed E-state index contributed by atoms with van der Waals surface area (Å²) >= 11 is 0. The van der Waals surface area contributed by atoms with Gasteiger partial charge in [-0.05, 0) is 55.9 Å². The molecule has 2 heterocycles. The van der Waals surface area contributed by atoms with E-state index >= 15 is 0 Å². The number of amides is 2. The molecule has 2 saturated heterocycles. The Balaban J connectivity index is 1.66. The minimum absolute atomic E-state index is 0.117. The summed E-state index contributed by atoms with van der Waals surface area (Å²) in [5, 5.41) is 2.83. The molecule has 1 aromatic carbocycles. The molecule has 6 nitrogen and oxygen atoms in total. The van der Waals surface area contributed by atoms with E-state index in [9.17, 15) is 13.2 Å². The number of likely N-dealkylation sites (tertiary alicyclic amines) is 1. The van der Waals surface area contributed by atoms with Crippen LogP contribution in [0.4, 0.5) is 10.5 Å². The number of carbonyl (C=O) groups excluding carboxylic acids is 1. The largest absolute Gasteiger partial charge is 0.325 e. The van der Waals surface area contributed by atoms with Crippen LogP contribution in [0.5, 0.6) is 0 Å². The highest BCUT2D eigenvalue weighted by Crippen LogP contribution is 2.24. The summed E-state index contributed by atoms with van der Waals surface area (Å²) in [6, 6.07) is 6.36. The summed E-state index contributed by atoms with van der Waals surface area (Å²) in [6.07, 6.45) is 3.89. The molecule has 0 saturated carbocycles. The number of hydrogen-bond acceptors (Lipinski definition) is 3. The minimum Gasteiger partial charge on any atom is -0.325 e. The average Bonchev–Trinajstić information content (AvgIpc) is 3.10. The van der Waals surface area contributed by atoms with Crippen molar-refractivity contribution in [3.63, 3.8) is 0 Å². The highest BCUT2D eigenvalue weighted by Gasteiger charge is 2.28. The SMILES string of the molecule is CC1CCN(S(=O)(=O)c2ccc(NC(=O)N3CCCC3)cc2)CC1. The van der Waals surface area contributed by atoms with E-state index < -0.39 is 10.0 Å². The van der Waals surface area contributed by atoms with Gasteiger partial charge in [0, 0.05) is 31.9 Å². The van der Waals surface area contributed by atoms with Crippen molar-refractivity contribution in [2.24, 2.45) is 5.92 Å². The third-order valence-corrected chi connectivity index (χ3v) is 6.79. The van der Waals surface area contributed by atoms with Crippen LogP contribution in [0.15, 0.2) is 29.2 Å². The molecule has 0 radical (unpaired) electrons. The van der Waals surface area contributed by atoms with Crippen molar-refractivity contribution in [2.45, 2.75) is 37.5 Å². The third kappa shape index (κ3) is 3.72. The molecule has 1 N–H and O–H groups in total. The van der Waals surface area contributed by atoms with E-state index in [1.165, 1.54) is 0 Å². The Morgan fingerprint density at radius 1 is 1.04 bits per heavy atom. The van der Waals surface area contributed by atoms with Gasteiger partial charge in [-0.3, -0.25) is 0 Å². The highest BCUT2D eigenvalue weighted by molar-refractivity contribution is 7.89. The fourth-order valence-corrected chi connectivity index (χ4v) is 4.68. The smallest absolute Gasteiger partial charge is 0.321 e. The molecule has 0 bridgehead atoms. The Morgan fingerprint density at radius 3 is 2.21 bits per heavy atom. The highest BCUT2D eigenvalue weighted by atomic mass is 32.2. The molecule has 7 heteroatoms. The van der Waals surface area contributed by atoms with Crippen molar-refractivity contribution in [1.82, 2.24) is 9.21 Å². The van der Waals surface area contributed by atoms with Gasteiger partial charge in [-0.25, -0.2) is 13.2 Å². The first kappa shape index (κ1) is 17.2. The van der Waals surface area contributed by atoms with Gasteiger partial charge in [0.25, 0.3) is 0 Å². The van der Waals surface area contributed by atoms with Crippen molar-refractivity contribution >= 4 is 21.7 Å². The van der Waals surface area contributed by atoms with Gasteiger partial charge < -0.3 is 10.2 Å². The summed E-state index contributed by atoms with van der Waals surface area (Å²) in [4.78, 5) is 14.1. The van der Waals surface area contributed by atoms with Gasteiger partial charge in [0.15, 0.2) is 0 Å². The molecular weight excluding hydrogens is 326 g/mol. The normalized spacial score (nSPS) is 20.3. The summed E-state index contributed by atoms with van der Waals surface area (Å²) in [7, 11) is -3.44. The summed E-state index contributed by atoms with van der Waals surface area (Å²) in [5.41, 5.74) is 0.623. The number of anilines is 1. The van der Waals surface area contributed by atoms with Gasteiger partial charge in [-0.15, -0.1) is 0 Å². The van der Waals surface area contributed by atoms with Gasteiger partial charge in [0.2, 0.25) is 10.0 Å². The fourth-order valence-electron chi connectivity index (χ4n) is 3.21. The first-order valence-corrected chi connectivity index (χ1v) is 10.1. The lowest BCUT2D eigenvalue weighted by Gasteiger charge is -2.29. The van der Waals surface area contributed by atoms with E-state index in [1.54, 1.807) is 33.5 Å². The lowest BCUT2D eigenvalue weighted by Crippen LogP contribution is -2.37. The van der Waals surface area contributed by atoms with Crippen LogP contribution < -0.4 is 5.32 Å². The van der Waals surface area contributed by atoms with Gasteiger partial charge in [0.1, 0.15) is 0 Å². The molecule has 2 fully saturated rings. The second-order valence-electron chi connectivity index (χ2n) is 6.74. The molecule has 132 valence electrons. The molecule has 0 aromatic heterocycles. The predicted molar refractivity (Wildman–Crippen MR) is 93.4 cm³/mol. The van der Waals surface area contributed by atoms with E-state index in [-0.39, 0.29) is 10.9 Å². The molecule has 1 aromatic rings. The van der Waals surface area contributed by atoms with Crippen molar-refractivity contribution in [1.29, 1.82) is 0 Å². The molecule has 2 amide bonds. The molecule has 3 rings (SSSR count). The van der Waals surface area contributed by atoms with Crippen molar-refractivity contribution in [3.05, 3.63) is 24.3 Å². The molecule has 0 aliphatic carbocycles. The van der Waals surface area contributed by atoms with Crippen LogP contribution in [0.3, 0.4) is 0 Å². The minimum atomic E-state index is -3.44. The van der Waals surface area contributed by atoms with Crippen LogP contribution in [0.1, 0.15) is 32.6 Å². The number of benzene rings is 1. The monoisotopic (exact) mass is 351 g/mol. The zero-order chi connectivity index (χ0) is 17.2. The first-order chi connectivity index (χ1) is 11.5. The van der Waals surface area contributed by atoms with E-state index in [0.29, 0.717) is 24.7 Å². The number of carbonyl (C=O) groups is 1. The van der Waals surface area contributed by atoms with Crippen LogP contribution in [0.25, 0.3) is 0 Å². The fraction of sp³-hybridized carbons (Fsp3) is 0.588. The summed E-state index contributed by atoms with van der Waals surface area (Å²) in [5.74, 6) is 0.583. The quantitative estimate of drug-likeness (QED) is 0.910. The number of hydrogen-bond donors (Lipinski definition) is 1. The topological polar surface area (TPSA) is 69.7 Å². The lowest BCUT2D eigenvalue weighted by molar-refractivity contribution is 0.222. The van der Waals surface area contributed by atoms with Crippen molar-refractivity contribution < 1.29 is 13.2 Å². The van der Waals surface area contributed by atoms with Crippen LogP contribution in [-0.4, -0.2) is 49.8 Å². The number of nitrogens with zero attached hydrogens (tertiary/aromatic N) is 2. The third-order valence-electron chi connectivity index (χ3n) is 4.88. The van der Waals surface area contributed by atoms with Crippen molar-refractivity contribution in [3.8, 4) is 0 Å². The number of nitrogens with one attached hydrogen (secondary N) is 1. The Labute approximate surface area is 143 Å². The zero-order valence-corrected chi connectivity index (χ0v) is 14.9. The predicted octanol–water partition coefficient (Wildman–Crippen LogP) is 2.73. The van der Waals surface area contributed by atoms with Gasteiger partial charge in [0.05, 0.1) is 4.90 Å². The van der Waals surface area contributed by atoms with E-state index in [2.05, 4.69) is 12.2 Å².